The third-order valence-corrected chi connectivity index (χ3v) is 7.50. The molecule has 0 bridgehead atoms. The molecule has 2 heterocycles. The van der Waals surface area contributed by atoms with Crippen molar-refractivity contribution in [2.45, 2.75) is 65.6 Å². The predicted octanol–water partition coefficient (Wildman–Crippen LogP) is 5.23. The Labute approximate surface area is 238 Å². The molecule has 2 aromatic carbocycles. The summed E-state index contributed by atoms with van der Waals surface area (Å²) >= 11 is 6.25. The third kappa shape index (κ3) is 6.02. The van der Waals surface area contributed by atoms with Gasteiger partial charge in [-0.05, 0) is 88.9 Å². The first kappa shape index (κ1) is 28.8. The number of amides is 2. The number of H-pyrrole nitrogens is 1. The van der Waals surface area contributed by atoms with Crippen LogP contribution < -0.4 is 15.6 Å². The second kappa shape index (κ2) is 11.5. The molecule has 1 aliphatic rings. The van der Waals surface area contributed by atoms with Gasteiger partial charge >= 0.3 is 5.56 Å². The zero-order valence-electron chi connectivity index (χ0n) is 23.1. The van der Waals surface area contributed by atoms with Gasteiger partial charge in [-0.2, -0.15) is 10.4 Å². The zero-order chi connectivity index (χ0) is 29.2. The van der Waals surface area contributed by atoms with Crippen molar-refractivity contribution < 1.29 is 14.3 Å². The molecular weight excluding hydrogens is 530 g/mol. The average molecular weight is 562 g/mol. The van der Waals surface area contributed by atoms with Crippen LogP contribution in [0.25, 0.3) is 0 Å². The van der Waals surface area contributed by atoms with E-state index in [4.69, 9.17) is 16.3 Å². The fourth-order valence-corrected chi connectivity index (χ4v) is 5.29. The van der Waals surface area contributed by atoms with E-state index < -0.39 is 22.9 Å². The SMILES string of the molecule is Cc1cc(Oc2ccc(C(=O)NC(C)C(=O)N3[C@H](C(C)(C)C#N)CC[C@H]3c3cccc(Cl)c3)cc2C)c(=O)[nH]n1. The fraction of sp³-hybridized carbons (Fsp3) is 0.367. The van der Waals surface area contributed by atoms with E-state index in [2.05, 4.69) is 21.6 Å². The molecule has 2 N–H and O–H groups in total. The molecule has 4 rings (SSSR count). The first-order chi connectivity index (χ1) is 18.9. The lowest BCUT2D eigenvalue weighted by Gasteiger charge is -2.38. The topological polar surface area (TPSA) is 128 Å². The van der Waals surface area contributed by atoms with Crippen molar-refractivity contribution in [3.63, 3.8) is 0 Å². The Bertz CT molecular complexity index is 1540. The molecule has 1 fully saturated rings. The first-order valence-electron chi connectivity index (χ1n) is 13.1. The number of nitriles is 1. The van der Waals surface area contributed by atoms with Gasteiger partial charge in [0, 0.05) is 16.7 Å². The fourth-order valence-electron chi connectivity index (χ4n) is 5.09. The number of benzene rings is 2. The summed E-state index contributed by atoms with van der Waals surface area (Å²) in [5.41, 5.74) is 1.22. The van der Waals surface area contributed by atoms with Gasteiger partial charge in [-0.3, -0.25) is 14.4 Å². The number of likely N-dealkylation sites (tertiary alicyclic amines) is 1. The lowest BCUT2D eigenvalue weighted by Crippen LogP contribution is -2.52. The maximum atomic E-state index is 13.8. The summed E-state index contributed by atoms with van der Waals surface area (Å²) in [6.45, 7) is 8.79. The molecule has 0 spiro atoms. The van der Waals surface area contributed by atoms with Crippen LogP contribution in [0.1, 0.15) is 66.8 Å². The highest BCUT2D eigenvalue weighted by atomic mass is 35.5. The summed E-state index contributed by atoms with van der Waals surface area (Å²) in [6, 6.07) is 14.6. The summed E-state index contributed by atoms with van der Waals surface area (Å²) in [4.78, 5) is 40.8. The van der Waals surface area contributed by atoms with E-state index in [0.717, 1.165) is 5.56 Å². The van der Waals surface area contributed by atoms with Gasteiger partial charge in [0.1, 0.15) is 11.8 Å². The molecule has 208 valence electrons. The highest BCUT2D eigenvalue weighted by Gasteiger charge is 2.46. The molecule has 2 amide bonds. The molecule has 40 heavy (non-hydrogen) atoms. The minimum atomic E-state index is -0.848. The minimum Gasteiger partial charge on any atom is -0.451 e. The van der Waals surface area contributed by atoms with E-state index in [9.17, 15) is 19.6 Å². The van der Waals surface area contributed by atoms with Crippen LogP contribution in [0.4, 0.5) is 0 Å². The largest absolute Gasteiger partial charge is 0.451 e. The molecule has 1 unspecified atom stereocenters. The molecule has 0 saturated carbocycles. The van der Waals surface area contributed by atoms with Crippen molar-refractivity contribution in [1.82, 2.24) is 20.4 Å². The van der Waals surface area contributed by atoms with Gasteiger partial charge in [0.05, 0.1) is 29.3 Å². The molecule has 1 aromatic heterocycles. The number of carbonyl (C=O) groups is 2. The number of aryl methyl sites for hydroxylation is 2. The third-order valence-electron chi connectivity index (χ3n) is 7.27. The maximum absolute atomic E-state index is 13.8. The maximum Gasteiger partial charge on any atom is 0.307 e. The van der Waals surface area contributed by atoms with Crippen molar-refractivity contribution in [2.24, 2.45) is 5.41 Å². The number of aromatic amines is 1. The monoisotopic (exact) mass is 561 g/mol. The van der Waals surface area contributed by atoms with Gasteiger partial charge in [0.15, 0.2) is 5.75 Å². The van der Waals surface area contributed by atoms with Crippen LogP contribution in [-0.2, 0) is 4.79 Å². The van der Waals surface area contributed by atoms with Crippen molar-refractivity contribution >= 4 is 23.4 Å². The molecule has 10 heteroatoms. The van der Waals surface area contributed by atoms with Crippen molar-refractivity contribution in [3.8, 4) is 17.6 Å². The van der Waals surface area contributed by atoms with E-state index in [-0.39, 0.29) is 23.7 Å². The Balaban J connectivity index is 1.53. The van der Waals surface area contributed by atoms with Crippen molar-refractivity contribution in [3.05, 3.63) is 86.3 Å². The quantitative estimate of drug-likeness (QED) is 0.406. The molecule has 3 aromatic rings. The molecule has 9 nitrogen and oxygen atoms in total. The van der Waals surface area contributed by atoms with Crippen LogP contribution >= 0.6 is 11.6 Å². The number of halogens is 1. The van der Waals surface area contributed by atoms with Crippen LogP contribution in [0, 0.1) is 30.6 Å². The predicted molar refractivity (Wildman–Crippen MR) is 151 cm³/mol. The number of aromatic nitrogens is 2. The second-order valence-electron chi connectivity index (χ2n) is 10.7. The van der Waals surface area contributed by atoms with Crippen LogP contribution in [-0.4, -0.2) is 39.0 Å². The summed E-state index contributed by atoms with van der Waals surface area (Å²) in [6.07, 6.45) is 1.34. The van der Waals surface area contributed by atoms with Crippen LogP contribution in [0.3, 0.4) is 0 Å². The minimum absolute atomic E-state index is 0.0988. The smallest absolute Gasteiger partial charge is 0.307 e. The number of ether oxygens (including phenoxy) is 1. The zero-order valence-corrected chi connectivity index (χ0v) is 23.9. The lowest BCUT2D eigenvalue weighted by molar-refractivity contribution is -0.137. The van der Waals surface area contributed by atoms with Crippen LogP contribution in [0.2, 0.25) is 5.02 Å². The Hall–Kier alpha value is -4.16. The summed E-state index contributed by atoms with van der Waals surface area (Å²) in [5, 5.41) is 19.4. The number of carbonyl (C=O) groups excluding carboxylic acids is 2. The Kier molecular flexibility index (Phi) is 8.31. The number of hydrogen-bond donors (Lipinski definition) is 2. The summed E-state index contributed by atoms with van der Waals surface area (Å²) < 4.78 is 5.75. The number of hydrogen-bond acceptors (Lipinski definition) is 6. The molecular formula is C30H32ClN5O4. The van der Waals surface area contributed by atoms with Gasteiger partial charge in [0.25, 0.3) is 5.91 Å². The van der Waals surface area contributed by atoms with Gasteiger partial charge in [-0.25, -0.2) is 5.10 Å². The van der Waals surface area contributed by atoms with Gasteiger partial charge in [-0.15, -0.1) is 0 Å². The Morgan fingerprint density at radius 2 is 1.93 bits per heavy atom. The molecule has 1 saturated heterocycles. The number of nitrogens with one attached hydrogen (secondary N) is 2. The second-order valence-corrected chi connectivity index (χ2v) is 11.2. The van der Waals surface area contributed by atoms with E-state index in [1.165, 1.54) is 6.07 Å². The summed E-state index contributed by atoms with van der Waals surface area (Å²) in [5.74, 6) is -0.183. The van der Waals surface area contributed by atoms with Crippen molar-refractivity contribution in [1.29, 1.82) is 5.26 Å². The normalized spacial score (nSPS) is 17.7. The number of nitrogens with zero attached hydrogens (tertiary/aromatic N) is 3. The van der Waals surface area contributed by atoms with E-state index in [1.54, 1.807) is 49.9 Å². The number of rotatable bonds is 7. The molecule has 0 aliphatic carbocycles. The van der Waals surface area contributed by atoms with Crippen LogP contribution in [0.15, 0.2) is 53.3 Å². The Morgan fingerprint density at radius 3 is 2.60 bits per heavy atom. The van der Waals surface area contributed by atoms with Crippen LogP contribution in [0.5, 0.6) is 11.5 Å². The average Bonchev–Trinajstić information content (AvgIpc) is 3.37. The summed E-state index contributed by atoms with van der Waals surface area (Å²) in [7, 11) is 0. The standard InChI is InChI=1S/C30H32ClN5O4/c1-17-13-21(9-11-24(17)40-25-14-18(2)34-35-28(25)38)27(37)33-19(3)29(39)36-23(20-7-6-8-22(31)15-20)10-12-26(36)30(4,5)16-32/h6-9,11,13-15,19,23,26H,10,12H2,1-5H3,(H,33,37)(H,35,38)/t19?,23-,26-/m0/s1. The molecule has 1 aliphatic heterocycles. The van der Waals surface area contributed by atoms with E-state index in [1.807, 2.05) is 32.0 Å². The Morgan fingerprint density at radius 1 is 1.18 bits per heavy atom. The highest BCUT2D eigenvalue weighted by molar-refractivity contribution is 6.30. The van der Waals surface area contributed by atoms with Gasteiger partial charge < -0.3 is 15.0 Å². The van der Waals surface area contributed by atoms with Gasteiger partial charge in [0.2, 0.25) is 5.91 Å². The molecule has 3 atom stereocenters. The van der Waals surface area contributed by atoms with Gasteiger partial charge in [-0.1, -0.05) is 23.7 Å². The van der Waals surface area contributed by atoms with E-state index in [0.29, 0.717) is 40.4 Å². The highest BCUT2D eigenvalue weighted by Crippen LogP contribution is 2.43. The van der Waals surface area contributed by atoms with Crippen molar-refractivity contribution in [2.75, 3.05) is 0 Å². The lowest BCUT2D eigenvalue weighted by atomic mass is 9.84. The van der Waals surface area contributed by atoms with E-state index >= 15 is 0 Å². The first-order valence-corrected chi connectivity index (χ1v) is 13.4. The molecule has 0 radical (unpaired) electrons.